The van der Waals surface area contributed by atoms with Crippen LogP contribution in [0.5, 0.6) is 0 Å². The fourth-order valence-electron chi connectivity index (χ4n) is 4.83. The zero-order chi connectivity index (χ0) is 22.8. The number of carbonyl (C=O) groups excluding carboxylic acids is 3. The highest BCUT2D eigenvalue weighted by Gasteiger charge is 2.38. The zero-order valence-corrected chi connectivity index (χ0v) is 19.2. The average Bonchev–Trinajstić information content (AvgIpc) is 3.15. The molecule has 0 spiro atoms. The zero-order valence-electron chi connectivity index (χ0n) is 19.2. The molecular weight excluding hydrogens is 410 g/mol. The maximum Gasteiger partial charge on any atom is 0.227 e. The van der Waals surface area contributed by atoms with Gasteiger partial charge in [0.25, 0.3) is 0 Å². The Hall–Kier alpha value is -2.45. The first-order valence-corrected chi connectivity index (χ1v) is 12.1. The molecule has 9 heteroatoms. The van der Waals surface area contributed by atoms with E-state index in [0.29, 0.717) is 31.2 Å². The van der Waals surface area contributed by atoms with Gasteiger partial charge >= 0.3 is 0 Å². The van der Waals surface area contributed by atoms with E-state index in [-0.39, 0.29) is 30.1 Å². The van der Waals surface area contributed by atoms with E-state index in [0.717, 1.165) is 64.2 Å². The molecule has 0 atom stereocenters. The van der Waals surface area contributed by atoms with Gasteiger partial charge in [-0.25, -0.2) is 0 Å². The largest absolute Gasteiger partial charge is 0.354 e. The lowest BCUT2D eigenvalue weighted by Crippen LogP contribution is -2.45. The molecule has 1 heterocycles. The summed E-state index contributed by atoms with van der Waals surface area (Å²) in [4.78, 5) is 40.6. The van der Waals surface area contributed by atoms with Crippen molar-refractivity contribution in [3.05, 3.63) is 11.7 Å². The second-order valence-electron chi connectivity index (χ2n) is 9.17. The minimum absolute atomic E-state index is 0.101. The molecule has 0 unspecified atom stereocenters. The second kappa shape index (κ2) is 12.0. The smallest absolute Gasteiger partial charge is 0.227 e. The van der Waals surface area contributed by atoms with Crippen molar-refractivity contribution < 1.29 is 18.9 Å². The highest BCUT2D eigenvalue weighted by molar-refractivity contribution is 5.79. The number of nitrogens with one attached hydrogen (secondary N) is 3. The lowest BCUT2D eigenvalue weighted by Gasteiger charge is -2.30. The van der Waals surface area contributed by atoms with E-state index >= 15 is 0 Å². The van der Waals surface area contributed by atoms with Crippen molar-refractivity contribution in [2.24, 2.45) is 5.92 Å². The summed E-state index contributed by atoms with van der Waals surface area (Å²) in [6.07, 6.45) is 11.8. The number of aryl methyl sites for hydroxylation is 1. The molecule has 3 N–H and O–H groups in total. The molecule has 0 aromatic carbocycles. The molecule has 0 bridgehead atoms. The van der Waals surface area contributed by atoms with Crippen LogP contribution in [0.15, 0.2) is 4.52 Å². The Morgan fingerprint density at radius 2 is 1.62 bits per heavy atom. The van der Waals surface area contributed by atoms with E-state index in [4.69, 9.17) is 4.52 Å². The first-order valence-electron chi connectivity index (χ1n) is 12.1. The molecule has 0 aliphatic heterocycles. The molecule has 178 valence electrons. The van der Waals surface area contributed by atoms with Crippen LogP contribution in [-0.4, -0.2) is 41.0 Å². The topological polar surface area (TPSA) is 126 Å². The van der Waals surface area contributed by atoms with Crippen molar-refractivity contribution in [2.75, 3.05) is 13.1 Å². The summed E-state index contributed by atoms with van der Waals surface area (Å²) < 4.78 is 5.39. The SMILES string of the molecule is CC(=O)NC1(c2noc(CCC(=O)NCCNC(=O)C3CCCCC3)n2)CCCCCC1. The number of rotatable bonds is 9. The van der Waals surface area contributed by atoms with Gasteiger partial charge in [-0.3, -0.25) is 14.4 Å². The lowest BCUT2D eigenvalue weighted by atomic mass is 9.89. The van der Waals surface area contributed by atoms with E-state index in [1.165, 1.54) is 13.3 Å². The quantitative estimate of drug-likeness (QED) is 0.394. The van der Waals surface area contributed by atoms with Crippen LogP contribution in [0.25, 0.3) is 0 Å². The molecular formula is C23H37N5O4. The van der Waals surface area contributed by atoms with E-state index < -0.39 is 5.54 Å². The average molecular weight is 448 g/mol. The molecule has 0 radical (unpaired) electrons. The third-order valence-corrected chi connectivity index (χ3v) is 6.56. The van der Waals surface area contributed by atoms with Crippen molar-refractivity contribution in [2.45, 2.75) is 95.9 Å². The van der Waals surface area contributed by atoms with Crippen LogP contribution in [0.1, 0.15) is 95.7 Å². The predicted octanol–water partition coefficient (Wildman–Crippen LogP) is 2.50. The Kier molecular flexibility index (Phi) is 9.05. The van der Waals surface area contributed by atoms with Gasteiger partial charge in [-0.1, -0.05) is 50.1 Å². The van der Waals surface area contributed by atoms with Crippen LogP contribution in [0, 0.1) is 5.92 Å². The summed E-state index contributed by atoms with van der Waals surface area (Å²) in [6, 6.07) is 0. The number of carbonyl (C=O) groups is 3. The summed E-state index contributed by atoms with van der Waals surface area (Å²) in [5, 5.41) is 12.9. The first-order chi connectivity index (χ1) is 15.5. The molecule has 2 saturated carbocycles. The Morgan fingerprint density at radius 3 is 2.31 bits per heavy atom. The van der Waals surface area contributed by atoms with Gasteiger partial charge in [0.1, 0.15) is 5.54 Å². The van der Waals surface area contributed by atoms with Crippen molar-refractivity contribution in [3.8, 4) is 0 Å². The van der Waals surface area contributed by atoms with Gasteiger partial charge in [0.2, 0.25) is 23.6 Å². The second-order valence-corrected chi connectivity index (χ2v) is 9.17. The van der Waals surface area contributed by atoms with Gasteiger partial charge in [-0.05, 0) is 25.7 Å². The Balaban J connectivity index is 1.41. The summed E-state index contributed by atoms with van der Waals surface area (Å²) in [6.45, 7) is 2.35. The van der Waals surface area contributed by atoms with Crippen LogP contribution in [0.4, 0.5) is 0 Å². The van der Waals surface area contributed by atoms with Gasteiger partial charge in [-0.15, -0.1) is 0 Å². The van der Waals surface area contributed by atoms with Gasteiger partial charge in [-0.2, -0.15) is 4.98 Å². The van der Waals surface area contributed by atoms with Crippen LogP contribution >= 0.6 is 0 Å². The predicted molar refractivity (Wildman–Crippen MR) is 118 cm³/mol. The molecule has 1 aromatic rings. The molecule has 2 aliphatic rings. The molecule has 3 amide bonds. The highest BCUT2D eigenvalue weighted by atomic mass is 16.5. The lowest BCUT2D eigenvalue weighted by molar-refractivity contribution is -0.126. The molecule has 2 aliphatic carbocycles. The van der Waals surface area contributed by atoms with E-state index in [1.807, 2.05) is 0 Å². The normalized spacial score (nSPS) is 19.0. The standard InChI is InChI=1S/C23H37N5O4/c1-17(29)27-23(13-7-2-3-8-14-23)22-26-20(32-28-22)12-11-19(30)24-15-16-25-21(31)18-9-5-4-6-10-18/h18H,2-16H2,1H3,(H,24,30)(H,25,31)(H,27,29). The number of nitrogens with zero attached hydrogens (tertiary/aromatic N) is 2. The maximum absolute atomic E-state index is 12.2. The van der Waals surface area contributed by atoms with E-state index in [9.17, 15) is 14.4 Å². The van der Waals surface area contributed by atoms with Crippen LogP contribution in [0.3, 0.4) is 0 Å². The van der Waals surface area contributed by atoms with Gasteiger partial charge < -0.3 is 20.5 Å². The van der Waals surface area contributed by atoms with Gasteiger partial charge in [0.05, 0.1) is 0 Å². The minimum atomic E-state index is -0.580. The third kappa shape index (κ3) is 7.03. The molecule has 3 rings (SSSR count). The summed E-state index contributed by atoms with van der Waals surface area (Å²) >= 11 is 0. The Labute approximate surface area is 189 Å². The first kappa shape index (κ1) is 24.2. The molecule has 1 aromatic heterocycles. The van der Waals surface area contributed by atoms with Crippen molar-refractivity contribution in [3.63, 3.8) is 0 Å². The molecule has 32 heavy (non-hydrogen) atoms. The maximum atomic E-state index is 12.2. The Bertz CT molecular complexity index is 764. The third-order valence-electron chi connectivity index (χ3n) is 6.56. The van der Waals surface area contributed by atoms with Crippen molar-refractivity contribution in [1.82, 2.24) is 26.1 Å². The van der Waals surface area contributed by atoms with Crippen LogP contribution in [0.2, 0.25) is 0 Å². The van der Waals surface area contributed by atoms with Gasteiger partial charge in [0.15, 0.2) is 5.82 Å². The van der Waals surface area contributed by atoms with Crippen LogP contribution < -0.4 is 16.0 Å². The van der Waals surface area contributed by atoms with Crippen molar-refractivity contribution >= 4 is 17.7 Å². The fraction of sp³-hybridized carbons (Fsp3) is 0.783. The van der Waals surface area contributed by atoms with E-state index in [1.54, 1.807) is 0 Å². The number of hydrogen-bond acceptors (Lipinski definition) is 6. The summed E-state index contributed by atoms with van der Waals surface area (Å²) in [5.41, 5.74) is -0.580. The number of hydrogen-bond donors (Lipinski definition) is 3. The minimum Gasteiger partial charge on any atom is -0.354 e. The molecule has 9 nitrogen and oxygen atoms in total. The monoisotopic (exact) mass is 447 g/mol. The summed E-state index contributed by atoms with van der Waals surface area (Å²) in [5.74, 6) is 0.908. The number of aromatic nitrogens is 2. The Morgan fingerprint density at radius 1 is 0.969 bits per heavy atom. The van der Waals surface area contributed by atoms with Gasteiger partial charge in [0, 0.05) is 38.8 Å². The summed E-state index contributed by atoms with van der Waals surface area (Å²) in [7, 11) is 0. The van der Waals surface area contributed by atoms with Crippen molar-refractivity contribution in [1.29, 1.82) is 0 Å². The molecule has 2 fully saturated rings. The van der Waals surface area contributed by atoms with E-state index in [2.05, 4.69) is 26.1 Å². The molecule has 0 saturated heterocycles. The van der Waals surface area contributed by atoms with Crippen LogP contribution in [-0.2, 0) is 26.3 Å². The highest BCUT2D eigenvalue weighted by Crippen LogP contribution is 2.34. The fourth-order valence-corrected chi connectivity index (χ4v) is 4.83. The number of amides is 3.